The van der Waals surface area contributed by atoms with Crippen molar-refractivity contribution in [1.29, 1.82) is 0 Å². The van der Waals surface area contributed by atoms with Gasteiger partial charge < -0.3 is 10.9 Å². The summed E-state index contributed by atoms with van der Waals surface area (Å²) < 4.78 is 1.96. The Kier molecular flexibility index (Phi) is 8.04. The molecule has 2 aliphatic heterocycles. The maximum atomic E-state index is 4.78. The number of hydrogen-bond acceptors (Lipinski definition) is 10. The number of aromatic nitrogens is 3. The summed E-state index contributed by atoms with van der Waals surface area (Å²) in [7, 11) is 0. The predicted octanol–water partition coefficient (Wildman–Crippen LogP) is 8.21. The van der Waals surface area contributed by atoms with Crippen LogP contribution >= 0.6 is 31.9 Å². The molecule has 0 fully saturated rings. The first kappa shape index (κ1) is 28.4. The molecule has 0 aliphatic carbocycles. The van der Waals surface area contributed by atoms with Gasteiger partial charge in [0.25, 0.3) is 0 Å². The first-order valence-electron chi connectivity index (χ1n) is 13.9. The van der Waals surface area contributed by atoms with Crippen molar-refractivity contribution >= 4 is 96.0 Å². The van der Waals surface area contributed by atoms with Crippen LogP contribution in [0.25, 0.3) is 11.1 Å². The van der Waals surface area contributed by atoms with E-state index < -0.39 is 0 Å². The zero-order valence-corrected chi connectivity index (χ0v) is 26.7. The van der Waals surface area contributed by atoms with Gasteiger partial charge in [0.2, 0.25) is 17.8 Å². The van der Waals surface area contributed by atoms with Crippen molar-refractivity contribution in [3.8, 4) is 0 Å². The highest BCUT2D eigenvalue weighted by atomic mass is 79.9. The molecule has 0 radical (unpaired) electrons. The van der Waals surface area contributed by atoms with Gasteiger partial charge in [-0.25, -0.2) is 0 Å². The van der Waals surface area contributed by atoms with Crippen LogP contribution in [0.3, 0.4) is 0 Å². The van der Waals surface area contributed by atoms with Gasteiger partial charge in [-0.3, -0.25) is 25.7 Å². The van der Waals surface area contributed by atoms with E-state index in [1.165, 1.54) is 0 Å². The maximum Gasteiger partial charge on any atom is 0.248 e. The molecule has 3 heterocycles. The van der Waals surface area contributed by atoms with E-state index in [4.69, 9.17) is 9.97 Å². The Morgan fingerprint density at radius 2 is 1.02 bits per heavy atom. The molecule has 220 valence electrons. The molecule has 5 aromatic rings. The third-order valence-electron chi connectivity index (χ3n) is 6.90. The SMILES string of the molecule is Brc1ccc2c(c1)/C(=C\NNc1nc(NN/C=C3/C=Nc4ccc(Br)cc43)nc(N(c3ccccc3)c3ccccc3)n1)C=N2. The second kappa shape index (κ2) is 12.7. The zero-order valence-electron chi connectivity index (χ0n) is 23.5. The summed E-state index contributed by atoms with van der Waals surface area (Å²) in [5, 5.41) is 0. The number of allylic oxidation sites excluding steroid dienone is 2. The number of rotatable bonds is 9. The van der Waals surface area contributed by atoms with Gasteiger partial charge in [-0.05, 0) is 60.7 Å². The highest BCUT2D eigenvalue weighted by Gasteiger charge is 2.18. The lowest BCUT2D eigenvalue weighted by Gasteiger charge is -2.23. The minimum atomic E-state index is 0.298. The molecule has 0 unspecified atom stereocenters. The van der Waals surface area contributed by atoms with Gasteiger partial charge in [0.15, 0.2) is 0 Å². The number of anilines is 5. The molecule has 0 amide bonds. The fourth-order valence-corrected chi connectivity index (χ4v) is 5.54. The Balaban J connectivity index is 1.20. The molecule has 0 saturated heterocycles. The maximum absolute atomic E-state index is 4.78. The number of nitrogens with zero attached hydrogens (tertiary/aromatic N) is 6. The van der Waals surface area contributed by atoms with Crippen molar-refractivity contribution in [2.75, 3.05) is 15.8 Å². The molecule has 4 aromatic carbocycles. The molecule has 4 N–H and O–H groups in total. The van der Waals surface area contributed by atoms with Crippen LogP contribution in [-0.2, 0) is 0 Å². The second-order valence-corrected chi connectivity index (χ2v) is 11.7. The van der Waals surface area contributed by atoms with Crippen molar-refractivity contribution in [3.05, 3.63) is 130 Å². The van der Waals surface area contributed by atoms with E-state index in [1.807, 2.05) is 127 Å². The van der Waals surface area contributed by atoms with Crippen molar-refractivity contribution in [1.82, 2.24) is 25.8 Å². The topological polar surface area (TPSA) is 115 Å². The third-order valence-corrected chi connectivity index (χ3v) is 7.89. The molecule has 1 aromatic heterocycles. The fourth-order valence-electron chi connectivity index (χ4n) is 4.82. The van der Waals surface area contributed by atoms with Crippen LogP contribution in [-0.4, -0.2) is 27.4 Å². The molecule has 0 bridgehead atoms. The molecule has 12 heteroatoms. The van der Waals surface area contributed by atoms with Crippen molar-refractivity contribution < 1.29 is 0 Å². The summed E-state index contributed by atoms with van der Waals surface area (Å²) >= 11 is 7.08. The summed E-state index contributed by atoms with van der Waals surface area (Å²) in [6, 6.07) is 31.8. The van der Waals surface area contributed by atoms with E-state index in [0.717, 1.165) is 54.0 Å². The summed E-state index contributed by atoms with van der Waals surface area (Å²) in [5.41, 5.74) is 19.9. The Labute approximate surface area is 276 Å². The summed E-state index contributed by atoms with van der Waals surface area (Å²) in [5.74, 6) is 1.00. The van der Waals surface area contributed by atoms with E-state index in [9.17, 15) is 0 Å². The molecular weight excluding hydrogens is 696 g/mol. The largest absolute Gasteiger partial charge is 0.305 e. The average Bonchev–Trinajstić information content (AvgIpc) is 3.65. The predicted molar refractivity (Wildman–Crippen MR) is 189 cm³/mol. The van der Waals surface area contributed by atoms with Crippen LogP contribution in [0, 0.1) is 0 Å². The van der Waals surface area contributed by atoms with Crippen LogP contribution in [0.15, 0.2) is 128 Å². The number of fused-ring (bicyclic) bond motifs is 2. The van der Waals surface area contributed by atoms with E-state index in [2.05, 4.69) is 68.5 Å². The Morgan fingerprint density at radius 1 is 0.556 bits per heavy atom. The van der Waals surface area contributed by atoms with Crippen LogP contribution in [0.5, 0.6) is 0 Å². The van der Waals surface area contributed by atoms with Crippen molar-refractivity contribution in [2.24, 2.45) is 9.98 Å². The first-order chi connectivity index (χ1) is 22.1. The van der Waals surface area contributed by atoms with E-state index in [1.54, 1.807) is 0 Å². The number of benzene rings is 4. The lowest BCUT2D eigenvalue weighted by atomic mass is 10.1. The number of para-hydroxylation sites is 2. The van der Waals surface area contributed by atoms with E-state index in [0.29, 0.717) is 17.8 Å². The average molecular weight is 720 g/mol. The van der Waals surface area contributed by atoms with Crippen LogP contribution in [0.4, 0.5) is 40.6 Å². The third kappa shape index (κ3) is 6.33. The molecule has 45 heavy (non-hydrogen) atoms. The minimum absolute atomic E-state index is 0.298. The molecule has 2 aliphatic rings. The number of nitrogens with one attached hydrogen (secondary N) is 4. The summed E-state index contributed by atoms with van der Waals surface area (Å²) in [6.45, 7) is 0. The molecular formula is C33H24Br2N10. The van der Waals surface area contributed by atoms with Crippen LogP contribution in [0.1, 0.15) is 11.1 Å². The molecule has 0 atom stereocenters. The lowest BCUT2D eigenvalue weighted by Crippen LogP contribution is -2.23. The lowest BCUT2D eigenvalue weighted by molar-refractivity contribution is 0.922. The number of hydrazine groups is 2. The Hall–Kier alpha value is -5.33. The van der Waals surface area contributed by atoms with Gasteiger partial charge in [0, 0.05) is 67.4 Å². The van der Waals surface area contributed by atoms with E-state index >= 15 is 0 Å². The van der Waals surface area contributed by atoms with Gasteiger partial charge in [-0.1, -0.05) is 68.3 Å². The first-order valence-corrected chi connectivity index (χ1v) is 15.5. The van der Waals surface area contributed by atoms with Gasteiger partial charge in [-0.15, -0.1) is 0 Å². The normalized spacial score (nSPS) is 14.4. The van der Waals surface area contributed by atoms with Gasteiger partial charge in [0.1, 0.15) is 0 Å². The molecule has 0 spiro atoms. The standard InChI is InChI=1S/C33H24Br2N10/c34-23-11-13-29-27(15-23)21(17-36-29)19-38-43-31-40-32(44-39-20-22-18-37-30-14-12-24(35)16-28(22)30)42-33(41-31)45(25-7-3-1-4-8-25)26-9-5-2-6-10-26/h1-20,38-39H,(H2,40,41,42,43,44)/b21-19-,22-20-. The quantitative estimate of drug-likeness (QED) is 0.113. The highest BCUT2D eigenvalue weighted by molar-refractivity contribution is 9.10. The molecule has 0 saturated carbocycles. The van der Waals surface area contributed by atoms with Crippen LogP contribution < -0.4 is 26.6 Å². The number of halogens is 2. The summed E-state index contributed by atoms with van der Waals surface area (Å²) in [6.07, 6.45) is 7.26. The van der Waals surface area contributed by atoms with E-state index in [-0.39, 0.29) is 0 Å². The Morgan fingerprint density at radius 3 is 1.49 bits per heavy atom. The minimum Gasteiger partial charge on any atom is -0.305 e. The fraction of sp³-hybridized carbons (Fsp3) is 0. The Bertz CT molecular complexity index is 1850. The zero-order chi connectivity index (χ0) is 30.6. The van der Waals surface area contributed by atoms with Crippen molar-refractivity contribution in [3.63, 3.8) is 0 Å². The summed E-state index contributed by atoms with van der Waals surface area (Å²) in [4.78, 5) is 25.1. The highest BCUT2D eigenvalue weighted by Crippen LogP contribution is 2.35. The smallest absolute Gasteiger partial charge is 0.248 e. The number of hydrogen-bond donors (Lipinski definition) is 4. The monoisotopic (exact) mass is 718 g/mol. The van der Waals surface area contributed by atoms with Crippen molar-refractivity contribution in [2.45, 2.75) is 0 Å². The molecule has 10 nitrogen and oxygen atoms in total. The molecule has 7 rings (SSSR count). The van der Waals surface area contributed by atoms with Gasteiger partial charge >= 0.3 is 0 Å². The van der Waals surface area contributed by atoms with Gasteiger partial charge in [0.05, 0.1) is 11.4 Å². The second-order valence-electron chi connectivity index (χ2n) is 9.87. The van der Waals surface area contributed by atoms with Crippen LogP contribution in [0.2, 0.25) is 0 Å². The van der Waals surface area contributed by atoms with Gasteiger partial charge in [-0.2, -0.15) is 15.0 Å². The number of aliphatic imine (C=N–C) groups is 2.